The van der Waals surface area contributed by atoms with Crippen LogP contribution in [0.15, 0.2) is 48.5 Å². The summed E-state index contributed by atoms with van der Waals surface area (Å²) in [6, 6.07) is 12.0. The molecule has 2 aromatic carbocycles. The highest BCUT2D eigenvalue weighted by Crippen LogP contribution is 2.41. The molecule has 0 aromatic heterocycles. The molecule has 0 spiro atoms. The molecular formula is C26H30F2N4O3. The second-order valence-electron chi connectivity index (χ2n) is 9.36. The van der Waals surface area contributed by atoms with E-state index >= 15 is 0 Å². The molecule has 2 fully saturated rings. The maximum absolute atomic E-state index is 14.8. The third-order valence-electron chi connectivity index (χ3n) is 6.46. The van der Waals surface area contributed by atoms with Gasteiger partial charge in [0.05, 0.1) is 19.1 Å². The summed E-state index contributed by atoms with van der Waals surface area (Å²) >= 11 is 0. The molecule has 1 saturated heterocycles. The molecule has 1 heterocycles. The van der Waals surface area contributed by atoms with Crippen LogP contribution in [0.2, 0.25) is 0 Å². The second kappa shape index (κ2) is 10.4. The maximum atomic E-state index is 14.8. The second-order valence-corrected chi connectivity index (χ2v) is 9.36. The summed E-state index contributed by atoms with van der Waals surface area (Å²) in [7, 11) is 3.07. The van der Waals surface area contributed by atoms with Crippen LogP contribution in [0, 0.1) is 5.82 Å². The lowest BCUT2D eigenvalue weighted by Crippen LogP contribution is -2.50. The molecule has 35 heavy (non-hydrogen) atoms. The molecule has 2 aromatic rings. The van der Waals surface area contributed by atoms with Gasteiger partial charge < -0.3 is 20.4 Å². The number of nitrogens with zero attached hydrogens (tertiary/aromatic N) is 2. The van der Waals surface area contributed by atoms with Crippen molar-refractivity contribution < 1.29 is 23.2 Å². The summed E-state index contributed by atoms with van der Waals surface area (Å²) < 4.78 is 29.1. The lowest BCUT2D eigenvalue weighted by atomic mass is 9.96. The maximum Gasteiger partial charge on any atom is 0.317 e. The summed E-state index contributed by atoms with van der Waals surface area (Å²) in [5.74, 6) is -1.13. The highest BCUT2D eigenvalue weighted by atomic mass is 19.1. The molecule has 7 nitrogen and oxygen atoms in total. The highest BCUT2D eigenvalue weighted by molar-refractivity contribution is 5.91. The van der Waals surface area contributed by atoms with E-state index in [1.54, 1.807) is 12.1 Å². The van der Waals surface area contributed by atoms with Gasteiger partial charge in [-0.2, -0.15) is 0 Å². The monoisotopic (exact) mass is 484 g/mol. The fourth-order valence-corrected chi connectivity index (χ4v) is 4.41. The van der Waals surface area contributed by atoms with Crippen LogP contribution in [0.25, 0.3) is 0 Å². The molecule has 0 radical (unpaired) electrons. The van der Waals surface area contributed by atoms with Gasteiger partial charge in [-0.1, -0.05) is 42.5 Å². The molecule has 2 aliphatic rings. The van der Waals surface area contributed by atoms with E-state index in [1.807, 2.05) is 30.3 Å². The third kappa shape index (κ3) is 5.78. The van der Waals surface area contributed by atoms with Crippen molar-refractivity contribution in [2.45, 2.75) is 43.4 Å². The van der Waals surface area contributed by atoms with Crippen molar-refractivity contribution in [1.29, 1.82) is 0 Å². The number of nitrogens with one attached hydrogen (secondary N) is 2. The number of benzene rings is 2. The lowest BCUT2D eigenvalue weighted by Gasteiger charge is -2.27. The van der Waals surface area contributed by atoms with Gasteiger partial charge in [0, 0.05) is 20.5 Å². The van der Waals surface area contributed by atoms with Gasteiger partial charge >= 0.3 is 6.03 Å². The number of rotatable bonds is 7. The topological polar surface area (TPSA) is 81.8 Å². The van der Waals surface area contributed by atoms with Crippen LogP contribution in [-0.2, 0) is 9.59 Å². The first-order chi connectivity index (χ1) is 16.7. The first-order valence-electron chi connectivity index (χ1n) is 11.8. The Hall–Kier alpha value is -3.49. The summed E-state index contributed by atoms with van der Waals surface area (Å²) in [4.78, 5) is 40.2. The zero-order valence-electron chi connectivity index (χ0n) is 19.8. The summed E-state index contributed by atoms with van der Waals surface area (Å²) in [5.41, 5.74) is 1.99. The van der Waals surface area contributed by atoms with Gasteiger partial charge in [0.15, 0.2) is 0 Å². The molecule has 4 rings (SSSR count). The summed E-state index contributed by atoms with van der Waals surface area (Å²) in [6.07, 6.45) is 0.445. The van der Waals surface area contributed by atoms with E-state index in [2.05, 4.69) is 10.6 Å². The average Bonchev–Trinajstić information content (AvgIpc) is 3.61. The minimum atomic E-state index is -1.36. The van der Waals surface area contributed by atoms with Crippen molar-refractivity contribution in [1.82, 2.24) is 20.4 Å². The Morgan fingerprint density at radius 1 is 1.09 bits per heavy atom. The van der Waals surface area contributed by atoms with E-state index in [9.17, 15) is 23.2 Å². The Labute approximate surface area is 203 Å². The van der Waals surface area contributed by atoms with Crippen LogP contribution >= 0.6 is 0 Å². The van der Waals surface area contributed by atoms with Crippen molar-refractivity contribution >= 4 is 17.8 Å². The molecular weight excluding hydrogens is 454 g/mol. The van der Waals surface area contributed by atoms with Gasteiger partial charge in [-0.3, -0.25) is 9.59 Å². The van der Waals surface area contributed by atoms with Crippen molar-refractivity contribution in [2.75, 3.05) is 27.2 Å². The van der Waals surface area contributed by atoms with Crippen molar-refractivity contribution in [2.24, 2.45) is 0 Å². The quantitative estimate of drug-likeness (QED) is 0.634. The SMILES string of the molecule is CN(C)C(=O)NCC(=O)N1CC(F)CC1C(=O)NC(c1ccccc1)c1ccc(C2CC2)c(F)c1. The number of carbonyl (C=O) groups excluding carboxylic acids is 3. The minimum Gasteiger partial charge on any atom is -0.343 e. The molecule has 1 aliphatic carbocycles. The van der Waals surface area contributed by atoms with Gasteiger partial charge in [0.1, 0.15) is 18.0 Å². The predicted octanol–water partition coefficient (Wildman–Crippen LogP) is 3.12. The third-order valence-corrected chi connectivity index (χ3v) is 6.46. The van der Waals surface area contributed by atoms with E-state index in [0.29, 0.717) is 11.1 Å². The van der Waals surface area contributed by atoms with Crippen LogP contribution in [0.5, 0.6) is 0 Å². The summed E-state index contributed by atoms with van der Waals surface area (Å²) in [5, 5.41) is 5.36. The number of halogens is 2. The average molecular weight is 485 g/mol. The van der Waals surface area contributed by atoms with Crippen molar-refractivity contribution in [3.05, 3.63) is 71.0 Å². The summed E-state index contributed by atoms with van der Waals surface area (Å²) in [6.45, 7) is -0.570. The van der Waals surface area contributed by atoms with Crippen LogP contribution in [0.1, 0.15) is 47.9 Å². The molecule has 0 bridgehead atoms. The number of likely N-dealkylation sites (tertiary alicyclic amines) is 1. The molecule has 9 heteroatoms. The number of urea groups is 1. The van der Waals surface area contributed by atoms with Gasteiger partial charge in [0.2, 0.25) is 11.8 Å². The number of amides is 4. The van der Waals surface area contributed by atoms with Crippen LogP contribution < -0.4 is 10.6 Å². The zero-order chi connectivity index (χ0) is 25.1. The van der Waals surface area contributed by atoms with Crippen LogP contribution in [0.3, 0.4) is 0 Å². The van der Waals surface area contributed by atoms with Gasteiger partial charge in [-0.05, 0) is 41.5 Å². The van der Waals surface area contributed by atoms with Crippen molar-refractivity contribution in [3.63, 3.8) is 0 Å². The Bertz CT molecular complexity index is 1090. The molecule has 3 unspecified atom stereocenters. The van der Waals surface area contributed by atoms with E-state index in [-0.39, 0.29) is 31.2 Å². The molecule has 1 aliphatic heterocycles. The minimum absolute atomic E-state index is 0.143. The number of alkyl halides is 1. The van der Waals surface area contributed by atoms with E-state index < -0.39 is 36.1 Å². The molecule has 2 N–H and O–H groups in total. The van der Waals surface area contributed by atoms with E-state index in [0.717, 1.165) is 23.3 Å². The lowest BCUT2D eigenvalue weighted by molar-refractivity contribution is -0.137. The van der Waals surface area contributed by atoms with Gasteiger partial charge in [0.25, 0.3) is 0 Å². The normalized spacial score (nSPS) is 20.3. The smallest absolute Gasteiger partial charge is 0.317 e. The first kappa shape index (κ1) is 24.6. The Morgan fingerprint density at radius 2 is 1.80 bits per heavy atom. The van der Waals surface area contributed by atoms with E-state index in [1.165, 1.54) is 25.1 Å². The van der Waals surface area contributed by atoms with Crippen LogP contribution in [-0.4, -0.2) is 67.0 Å². The largest absolute Gasteiger partial charge is 0.343 e. The van der Waals surface area contributed by atoms with Crippen LogP contribution in [0.4, 0.5) is 13.6 Å². The Morgan fingerprint density at radius 3 is 2.43 bits per heavy atom. The van der Waals surface area contributed by atoms with Gasteiger partial charge in [-0.15, -0.1) is 0 Å². The molecule has 4 amide bonds. The molecule has 3 atom stereocenters. The molecule has 1 saturated carbocycles. The standard InChI is InChI=1S/C26H30F2N4O3/c1-31(2)26(35)29-14-23(33)32-15-19(27)13-22(32)25(34)30-24(17-6-4-3-5-7-17)18-10-11-20(16-8-9-16)21(28)12-18/h3-7,10-12,16,19,22,24H,8-9,13-15H2,1-2H3,(H,29,35)(H,30,34). The Balaban J connectivity index is 1.53. The molecule has 186 valence electrons. The first-order valence-corrected chi connectivity index (χ1v) is 11.8. The Kier molecular flexibility index (Phi) is 7.33. The number of hydrogen-bond acceptors (Lipinski definition) is 3. The van der Waals surface area contributed by atoms with Crippen molar-refractivity contribution in [3.8, 4) is 0 Å². The number of carbonyl (C=O) groups is 3. The highest BCUT2D eigenvalue weighted by Gasteiger charge is 2.40. The van der Waals surface area contributed by atoms with E-state index in [4.69, 9.17) is 0 Å². The zero-order valence-corrected chi connectivity index (χ0v) is 19.8. The fourth-order valence-electron chi connectivity index (χ4n) is 4.41. The predicted molar refractivity (Wildman–Crippen MR) is 127 cm³/mol. The number of hydrogen-bond donors (Lipinski definition) is 2. The van der Waals surface area contributed by atoms with Gasteiger partial charge in [-0.25, -0.2) is 13.6 Å². The fraction of sp³-hybridized carbons (Fsp3) is 0.423.